The molecule has 0 heterocycles. The van der Waals surface area contributed by atoms with Crippen molar-refractivity contribution in [2.75, 3.05) is 12.4 Å². The summed E-state index contributed by atoms with van der Waals surface area (Å²) in [6.07, 6.45) is 6.30. The number of thioether (sulfide) groups is 1. The Morgan fingerprint density at radius 3 is 2.86 bits per heavy atom. The molecule has 0 fully saturated rings. The predicted molar refractivity (Wildman–Crippen MR) is 62.4 cm³/mol. The van der Waals surface area contributed by atoms with Gasteiger partial charge in [0.1, 0.15) is 0 Å². The van der Waals surface area contributed by atoms with E-state index in [9.17, 15) is 4.79 Å². The zero-order chi connectivity index (χ0) is 10.6. The Bertz CT molecular complexity index is 167. The van der Waals surface area contributed by atoms with E-state index in [4.69, 9.17) is 4.74 Å². The molecule has 14 heavy (non-hydrogen) atoms. The minimum Gasteiger partial charge on any atom is -0.466 e. The maximum absolute atomic E-state index is 10.9. The number of hydrogen-bond donors (Lipinski definition) is 0. The number of carbonyl (C=O) groups is 1. The van der Waals surface area contributed by atoms with Gasteiger partial charge in [-0.1, -0.05) is 25.8 Å². The number of rotatable bonds is 8. The van der Waals surface area contributed by atoms with E-state index >= 15 is 0 Å². The topological polar surface area (TPSA) is 26.3 Å². The molecule has 0 aliphatic rings. The van der Waals surface area contributed by atoms with Gasteiger partial charge < -0.3 is 4.74 Å². The van der Waals surface area contributed by atoms with Crippen LogP contribution in [-0.4, -0.2) is 18.3 Å². The van der Waals surface area contributed by atoms with E-state index in [0.717, 1.165) is 12.2 Å². The van der Waals surface area contributed by atoms with E-state index in [1.165, 1.54) is 12.8 Å². The van der Waals surface area contributed by atoms with Gasteiger partial charge in [-0.05, 0) is 18.8 Å². The molecule has 0 bridgehead atoms. The largest absolute Gasteiger partial charge is 0.466 e. The molecule has 0 aliphatic carbocycles. The van der Waals surface area contributed by atoms with Gasteiger partial charge in [-0.15, -0.1) is 11.8 Å². The Hall–Kier alpha value is -0.440. The van der Waals surface area contributed by atoms with Gasteiger partial charge in [-0.25, -0.2) is 0 Å². The zero-order valence-corrected chi connectivity index (χ0v) is 9.94. The Morgan fingerprint density at radius 2 is 2.21 bits per heavy atom. The predicted octanol–water partition coefficient (Wildman–Crippen LogP) is 3.38. The first-order valence-electron chi connectivity index (χ1n) is 5.23. The number of unbranched alkanes of at least 4 members (excludes halogenated alkanes) is 2. The standard InChI is InChI=1S/C11H20O2S/c1-3-5-6-7-9-14-10-8-11(12)13-4-2/h7,9H,3-6,8,10H2,1-2H3/b9-7+. The fraction of sp³-hybridized carbons (Fsp3) is 0.727. The maximum atomic E-state index is 10.9. The van der Waals surface area contributed by atoms with Crippen molar-refractivity contribution in [3.05, 3.63) is 11.5 Å². The summed E-state index contributed by atoms with van der Waals surface area (Å²) < 4.78 is 4.81. The Morgan fingerprint density at radius 1 is 1.43 bits per heavy atom. The number of ether oxygens (including phenoxy) is 1. The highest BCUT2D eigenvalue weighted by molar-refractivity contribution is 8.02. The van der Waals surface area contributed by atoms with E-state index in [1.54, 1.807) is 11.8 Å². The highest BCUT2D eigenvalue weighted by atomic mass is 32.2. The van der Waals surface area contributed by atoms with Crippen molar-refractivity contribution < 1.29 is 9.53 Å². The molecule has 0 radical (unpaired) electrons. The lowest BCUT2D eigenvalue weighted by Gasteiger charge is -1.98. The summed E-state index contributed by atoms with van der Waals surface area (Å²) in [7, 11) is 0. The third-order valence-electron chi connectivity index (χ3n) is 1.65. The van der Waals surface area contributed by atoms with Crippen molar-refractivity contribution in [2.45, 2.75) is 39.5 Å². The van der Waals surface area contributed by atoms with Gasteiger partial charge in [0.25, 0.3) is 0 Å². The third kappa shape index (κ3) is 9.65. The molecule has 0 aromatic carbocycles. The summed E-state index contributed by atoms with van der Waals surface area (Å²) >= 11 is 1.68. The molecule has 2 nitrogen and oxygen atoms in total. The molecule has 0 rings (SSSR count). The molecule has 0 atom stereocenters. The van der Waals surface area contributed by atoms with Gasteiger partial charge in [0.05, 0.1) is 13.0 Å². The molecule has 82 valence electrons. The Kier molecular flexibility index (Phi) is 10.3. The van der Waals surface area contributed by atoms with Crippen molar-refractivity contribution in [1.82, 2.24) is 0 Å². The van der Waals surface area contributed by atoms with Crippen LogP contribution in [0, 0.1) is 0 Å². The lowest BCUT2D eigenvalue weighted by atomic mass is 10.2. The second-order valence-corrected chi connectivity index (χ2v) is 3.95. The van der Waals surface area contributed by atoms with Gasteiger partial charge in [-0.3, -0.25) is 4.79 Å². The molecular weight excluding hydrogens is 196 g/mol. The second kappa shape index (κ2) is 10.6. The number of allylic oxidation sites excluding steroid dienone is 1. The zero-order valence-electron chi connectivity index (χ0n) is 9.12. The van der Waals surface area contributed by atoms with Crippen molar-refractivity contribution in [2.24, 2.45) is 0 Å². The summed E-state index contributed by atoms with van der Waals surface area (Å²) in [4.78, 5) is 10.9. The molecule has 0 aliphatic heterocycles. The first kappa shape index (κ1) is 13.6. The minimum atomic E-state index is -0.0954. The van der Waals surface area contributed by atoms with Crippen LogP contribution in [0.4, 0.5) is 0 Å². The molecule has 0 unspecified atom stereocenters. The van der Waals surface area contributed by atoms with Gasteiger partial charge in [0.15, 0.2) is 0 Å². The fourth-order valence-electron chi connectivity index (χ4n) is 0.902. The van der Waals surface area contributed by atoms with Crippen LogP contribution in [-0.2, 0) is 9.53 Å². The Balaban J connectivity index is 3.19. The van der Waals surface area contributed by atoms with Gasteiger partial charge in [0.2, 0.25) is 0 Å². The van der Waals surface area contributed by atoms with Crippen molar-refractivity contribution >= 4 is 17.7 Å². The quantitative estimate of drug-likeness (QED) is 0.459. The first-order chi connectivity index (χ1) is 6.81. The van der Waals surface area contributed by atoms with Crippen LogP contribution in [0.5, 0.6) is 0 Å². The molecule has 0 spiro atoms. The SMILES string of the molecule is CCCC/C=C/SCCC(=O)OCC. The molecule has 0 saturated heterocycles. The Labute approximate surface area is 91.1 Å². The van der Waals surface area contributed by atoms with E-state index in [0.29, 0.717) is 13.0 Å². The molecule has 0 N–H and O–H groups in total. The van der Waals surface area contributed by atoms with Crippen molar-refractivity contribution in [3.63, 3.8) is 0 Å². The lowest BCUT2D eigenvalue weighted by Crippen LogP contribution is -2.04. The van der Waals surface area contributed by atoms with Gasteiger partial charge in [-0.2, -0.15) is 0 Å². The van der Waals surface area contributed by atoms with E-state index < -0.39 is 0 Å². The van der Waals surface area contributed by atoms with E-state index in [-0.39, 0.29) is 5.97 Å². The number of esters is 1. The van der Waals surface area contributed by atoms with E-state index in [2.05, 4.69) is 18.4 Å². The highest BCUT2D eigenvalue weighted by Crippen LogP contribution is 2.07. The fourth-order valence-corrected chi connectivity index (χ4v) is 1.59. The molecule has 0 saturated carbocycles. The number of carbonyl (C=O) groups excluding carboxylic acids is 1. The highest BCUT2D eigenvalue weighted by Gasteiger charge is 1.98. The summed E-state index contributed by atoms with van der Waals surface area (Å²) in [5.74, 6) is 0.725. The first-order valence-corrected chi connectivity index (χ1v) is 6.28. The van der Waals surface area contributed by atoms with E-state index in [1.807, 2.05) is 6.92 Å². The third-order valence-corrected chi connectivity index (χ3v) is 2.47. The van der Waals surface area contributed by atoms with Crippen molar-refractivity contribution in [3.8, 4) is 0 Å². The van der Waals surface area contributed by atoms with Gasteiger partial charge >= 0.3 is 5.97 Å². The smallest absolute Gasteiger partial charge is 0.306 e. The summed E-state index contributed by atoms with van der Waals surface area (Å²) in [6.45, 7) is 4.49. The summed E-state index contributed by atoms with van der Waals surface area (Å²) in [5.41, 5.74) is 0. The average molecular weight is 216 g/mol. The minimum absolute atomic E-state index is 0.0954. The normalized spacial score (nSPS) is 10.7. The molecule has 0 amide bonds. The summed E-state index contributed by atoms with van der Waals surface area (Å²) in [5, 5.41) is 2.08. The van der Waals surface area contributed by atoms with Crippen LogP contribution in [0.25, 0.3) is 0 Å². The lowest BCUT2D eigenvalue weighted by molar-refractivity contribution is -0.142. The number of hydrogen-bond acceptors (Lipinski definition) is 3. The van der Waals surface area contributed by atoms with Gasteiger partial charge in [0, 0.05) is 5.75 Å². The average Bonchev–Trinajstić information content (AvgIpc) is 2.17. The van der Waals surface area contributed by atoms with Crippen LogP contribution < -0.4 is 0 Å². The van der Waals surface area contributed by atoms with Crippen LogP contribution in [0.2, 0.25) is 0 Å². The van der Waals surface area contributed by atoms with Crippen LogP contribution >= 0.6 is 11.8 Å². The molecule has 3 heteroatoms. The molecule has 0 aromatic heterocycles. The van der Waals surface area contributed by atoms with Crippen LogP contribution in [0.15, 0.2) is 11.5 Å². The second-order valence-electron chi connectivity index (χ2n) is 2.94. The summed E-state index contributed by atoms with van der Waals surface area (Å²) in [6, 6.07) is 0. The maximum Gasteiger partial charge on any atom is 0.306 e. The monoisotopic (exact) mass is 216 g/mol. The van der Waals surface area contributed by atoms with Crippen LogP contribution in [0.3, 0.4) is 0 Å². The molecular formula is C11H20O2S. The van der Waals surface area contributed by atoms with Crippen molar-refractivity contribution in [1.29, 1.82) is 0 Å². The van der Waals surface area contributed by atoms with Crippen LogP contribution in [0.1, 0.15) is 39.5 Å². The molecule has 0 aromatic rings.